The van der Waals surface area contributed by atoms with Gasteiger partial charge >= 0.3 is 5.69 Å². The molecule has 3 heterocycles. The Bertz CT molecular complexity index is 719. The maximum absolute atomic E-state index is 12.0. The number of hydrogen-bond acceptors (Lipinski definition) is 5. The Labute approximate surface area is 120 Å². The summed E-state index contributed by atoms with van der Waals surface area (Å²) in [5.74, 6) is 0. The number of aryl methyl sites for hydroxylation is 1. The van der Waals surface area contributed by atoms with Gasteiger partial charge in [0.15, 0.2) is 6.23 Å². The molecule has 1 aliphatic carbocycles. The zero-order valence-corrected chi connectivity index (χ0v) is 12.0. The fraction of sp³-hybridized carbons (Fsp3) is 0.714. The van der Waals surface area contributed by atoms with Gasteiger partial charge in [0.05, 0.1) is 0 Å². The van der Waals surface area contributed by atoms with Crippen LogP contribution in [0.25, 0.3) is 0 Å². The van der Waals surface area contributed by atoms with Crippen LogP contribution in [0.15, 0.2) is 15.8 Å². The molecule has 7 nitrogen and oxygen atoms in total. The number of aromatic amines is 1. The van der Waals surface area contributed by atoms with Gasteiger partial charge < -0.3 is 14.6 Å². The van der Waals surface area contributed by atoms with Gasteiger partial charge in [-0.1, -0.05) is 6.92 Å². The molecular formula is C14H18N2O5. The third-order valence-corrected chi connectivity index (χ3v) is 5.18. The van der Waals surface area contributed by atoms with Crippen LogP contribution >= 0.6 is 0 Å². The van der Waals surface area contributed by atoms with E-state index in [0.717, 1.165) is 12.8 Å². The van der Waals surface area contributed by atoms with Crippen LogP contribution < -0.4 is 11.2 Å². The lowest BCUT2D eigenvalue weighted by Gasteiger charge is -2.37. The molecule has 4 atom stereocenters. The Hall–Kier alpha value is -1.44. The van der Waals surface area contributed by atoms with Crippen LogP contribution in [0.1, 0.15) is 38.0 Å². The summed E-state index contributed by atoms with van der Waals surface area (Å²) in [4.78, 5) is 25.8. The first-order chi connectivity index (χ1) is 9.94. The van der Waals surface area contributed by atoms with Gasteiger partial charge in [-0.3, -0.25) is 14.3 Å². The lowest BCUT2D eigenvalue weighted by atomic mass is 9.88. The van der Waals surface area contributed by atoms with E-state index in [0.29, 0.717) is 12.0 Å². The Morgan fingerprint density at radius 3 is 2.76 bits per heavy atom. The topological polar surface area (TPSA) is 93.6 Å². The number of ether oxygens (including phenoxy) is 2. The molecule has 0 amide bonds. The van der Waals surface area contributed by atoms with E-state index in [2.05, 4.69) is 4.98 Å². The highest BCUT2D eigenvalue weighted by atomic mass is 16.7. The molecule has 4 rings (SSSR count). The molecule has 1 aromatic heterocycles. The molecule has 2 aliphatic heterocycles. The molecule has 2 N–H and O–H groups in total. The van der Waals surface area contributed by atoms with E-state index < -0.39 is 35.3 Å². The number of aliphatic hydroxyl groups excluding tert-OH is 1. The summed E-state index contributed by atoms with van der Waals surface area (Å²) in [5, 5.41) is 10.6. The minimum atomic E-state index is -0.755. The first-order valence-electron chi connectivity index (χ1n) is 7.30. The lowest BCUT2D eigenvalue weighted by molar-refractivity contribution is -0.226. The van der Waals surface area contributed by atoms with Crippen LogP contribution in [0.5, 0.6) is 0 Å². The number of aliphatic hydroxyl groups is 1. The van der Waals surface area contributed by atoms with Crippen LogP contribution in [0.4, 0.5) is 0 Å². The third-order valence-electron chi connectivity index (χ3n) is 5.18. The van der Waals surface area contributed by atoms with Crippen molar-refractivity contribution in [1.29, 1.82) is 0 Å². The average Bonchev–Trinajstić information content (AvgIpc) is 3.12. The van der Waals surface area contributed by atoms with Gasteiger partial charge in [0, 0.05) is 11.8 Å². The minimum Gasteiger partial charge on any atom is -0.387 e. The minimum absolute atomic E-state index is 0.386. The largest absolute Gasteiger partial charge is 0.387 e. The van der Waals surface area contributed by atoms with Gasteiger partial charge in [-0.15, -0.1) is 0 Å². The van der Waals surface area contributed by atoms with E-state index in [1.807, 2.05) is 6.92 Å². The van der Waals surface area contributed by atoms with Crippen LogP contribution in [-0.2, 0) is 9.47 Å². The number of aromatic nitrogens is 2. The Morgan fingerprint density at radius 1 is 1.43 bits per heavy atom. The smallest absolute Gasteiger partial charge is 0.330 e. The fourth-order valence-corrected chi connectivity index (χ4v) is 3.89. The maximum Gasteiger partial charge on any atom is 0.330 e. The van der Waals surface area contributed by atoms with E-state index in [4.69, 9.17) is 9.47 Å². The molecule has 1 aromatic rings. The summed E-state index contributed by atoms with van der Waals surface area (Å²) >= 11 is 0. The molecule has 1 saturated carbocycles. The molecule has 3 aliphatic rings. The zero-order valence-electron chi connectivity index (χ0n) is 12.0. The van der Waals surface area contributed by atoms with Crippen LogP contribution in [0.2, 0.25) is 0 Å². The number of fused-ring (bicyclic) bond motifs is 3. The van der Waals surface area contributed by atoms with Crippen molar-refractivity contribution in [2.75, 3.05) is 0 Å². The third kappa shape index (κ3) is 1.43. The Balaban J connectivity index is 1.79. The predicted molar refractivity (Wildman–Crippen MR) is 72.0 cm³/mol. The molecule has 1 unspecified atom stereocenters. The zero-order chi connectivity index (χ0) is 15.0. The first-order valence-corrected chi connectivity index (χ1v) is 7.30. The van der Waals surface area contributed by atoms with Crippen LogP contribution in [-0.4, -0.2) is 38.1 Å². The highest BCUT2D eigenvalue weighted by molar-refractivity contribution is 5.25. The molecule has 2 saturated heterocycles. The van der Waals surface area contributed by atoms with Gasteiger partial charge in [-0.2, -0.15) is 0 Å². The molecule has 0 aromatic carbocycles. The van der Waals surface area contributed by atoms with E-state index in [-0.39, 0.29) is 5.60 Å². The van der Waals surface area contributed by atoms with Gasteiger partial charge in [0.2, 0.25) is 0 Å². The second-order valence-electron chi connectivity index (χ2n) is 6.25. The second kappa shape index (κ2) is 3.85. The number of hydrogen-bond donors (Lipinski definition) is 2. The van der Waals surface area contributed by atoms with Crippen molar-refractivity contribution >= 4 is 0 Å². The molecule has 1 spiro atoms. The predicted octanol–water partition coefficient (Wildman–Crippen LogP) is -0.185. The van der Waals surface area contributed by atoms with Crippen molar-refractivity contribution in [3.05, 3.63) is 32.6 Å². The standard InChI is InChI=1S/C14H18N2O5/c1-3-14-9(17)8(20-13(14)4-5-13)11(21-14)16-6-7(2)10(18)15-12(16)19/h6,8-9,11,17H,3-5H2,1-2H3,(H,15,18,19)/t8-,9?,11+,14-/m0/s1. The number of nitrogens with zero attached hydrogens (tertiary/aromatic N) is 1. The van der Waals surface area contributed by atoms with Crippen molar-refractivity contribution in [3.63, 3.8) is 0 Å². The average molecular weight is 294 g/mol. The van der Waals surface area contributed by atoms with Gasteiger partial charge in [0.25, 0.3) is 5.56 Å². The van der Waals surface area contributed by atoms with E-state index in [1.165, 1.54) is 10.8 Å². The SMILES string of the molecule is CC[C@@]12O[C@@H](n3cc(C)c(=O)[nH]c3=O)[C@@H](OC13CC3)C2O. The summed E-state index contributed by atoms with van der Waals surface area (Å²) in [6, 6.07) is 0. The van der Waals surface area contributed by atoms with E-state index in [9.17, 15) is 14.7 Å². The van der Waals surface area contributed by atoms with Gasteiger partial charge in [-0.25, -0.2) is 4.79 Å². The van der Waals surface area contributed by atoms with Crippen LogP contribution in [0.3, 0.4) is 0 Å². The molecule has 3 fully saturated rings. The molecule has 114 valence electrons. The monoisotopic (exact) mass is 294 g/mol. The number of nitrogens with one attached hydrogen (secondary N) is 1. The normalized spacial score (nSPS) is 39.1. The molecule has 21 heavy (non-hydrogen) atoms. The Morgan fingerprint density at radius 2 is 2.14 bits per heavy atom. The summed E-state index contributed by atoms with van der Waals surface area (Å²) in [7, 11) is 0. The molecule has 7 heteroatoms. The number of H-pyrrole nitrogens is 1. The fourth-order valence-electron chi connectivity index (χ4n) is 3.89. The maximum atomic E-state index is 12.0. The van der Waals surface area contributed by atoms with Crippen molar-refractivity contribution in [3.8, 4) is 0 Å². The summed E-state index contributed by atoms with van der Waals surface area (Å²) < 4.78 is 13.5. The quantitative estimate of drug-likeness (QED) is 0.789. The molecular weight excluding hydrogens is 276 g/mol. The summed E-state index contributed by atoms with van der Waals surface area (Å²) in [6.45, 7) is 3.58. The second-order valence-corrected chi connectivity index (χ2v) is 6.25. The van der Waals surface area contributed by atoms with E-state index >= 15 is 0 Å². The Kier molecular flexibility index (Phi) is 2.43. The van der Waals surface area contributed by atoms with Crippen LogP contribution in [0, 0.1) is 6.92 Å². The van der Waals surface area contributed by atoms with Crippen molar-refractivity contribution < 1.29 is 14.6 Å². The highest BCUT2D eigenvalue weighted by Crippen LogP contribution is 2.65. The van der Waals surface area contributed by atoms with E-state index in [1.54, 1.807) is 6.92 Å². The van der Waals surface area contributed by atoms with Crippen molar-refractivity contribution in [2.45, 2.75) is 62.7 Å². The molecule has 0 radical (unpaired) electrons. The summed E-state index contributed by atoms with van der Waals surface area (Å²) in [5.41, 5.74) is -1.67. The van der Waals surface area contributed by atoms with Crippen molar-refractivity contribution in [2.24, 2.45) is 0 Å². The van der Waals surface area contributed by atoms with Gasteiger partial charge in [-0.05, 0) is 26.2 Å². The highest BCUT2D eigenvalue weighted by Gasteiger charge is 2.77. The van der Waals surface area contributed by atoms with Crippen molar-refractivity contribution in [1.82, 2.24) is 9.55 Å². The lowest BCUT2D eigenvalue weighted by Crippen LogP contribution is -2.49. The molecule has 2 bridgehead atoms. The number of rotatable bonds is 2. The van der Waals surface area contributed by atoms with Gasteiger partial charge in [0.1, 0.15) is 23.4 Å². The first kappa shape index (κ1) is 13.2. The summed E-state index contributed by atoms with van der Waals surface area (Å²) in [6.07, 6.45) is 1.81.